The van der Waals surface area contributed by atoms with Gasteiger partial charge in [0.15, 0.2) is 0 Å². The predicted octanol–water partition coefficient (Wildman–Crippen LogP) is 3.19. The number of ether oxygens (including phenoxy) is 2. The van der Waals surface area contributed by atoms with Crippen LogP contribution in [0.3, 0.4) is 0 Å². The Morgan fingerprint density at radius 2 is 0.955 bits per heavy atom. The van der Waals surface area contributed by atoms with Gasteiger partial charge in [-0.1, -0.05) is 0 Å². The van der Waals surface area contributed by atoms with Crippen LogP contribution < -0.4 is 20.1 Å². The Morgan fingerprint density at radius 3 is 1.18 bits per heavy atom. The van der Waals surface area contributed by atoms with E-state index in [1.165, 1.54) is 10.6 Å². The first-order chi connectivity index (χ1) is 10.4. The van der Waals surface area contributed by atoms with Gasteiger partial charge in [-0.3, -0.25) is 7.57 Å². The van der Waals surface area contributed by atoms with Crippen molar-refractivity contribution in [3.05, 3.63) is 46.5 Å². The third kappa shape index (κ3) is 3.15. The highest BCUT2D eigenvalue weighted by molar-refractivity contribution is 7.94. The van der Waals surface area contributed by atoms with E-state index >= 15 is 0 Å². The minimum absolute atomic E-state index is 0.945. The van der Waals surface area contributed by atoms with Crippen LogP contribution >= 0.6 is 7.80 Å². The highest BCUT2D eigenvalue weighted by atomic mass is 31.1. The Hall–Kier alpha value is -1.47. The zero-order chi connectivity index (χ0) is 16.4. The molecule has 0 aliphatic rings. The maximum absolute atomic E-state index is 6.60. The molecule has 0 saturated carbocycles. The van der Waals surface area contributed by atoms with Crippen LogP contribution in [-0.2, 0) is 0 Å². The van der Waals surface area contributed by atoms with E-state index in [0.29, 0.717) is 0 Å². The highest BCUT2D eigenvalue weighted by Gasteiger charge is 2.14. The average molecular weight is 313 g/mol. The number of hydrogen-bond donors (Lipinski definition) is 0. The Balaban J connectivity index is 2.46. The van der Waals surface area contributed by atoms with Crippen molar-refractivity contribution in [3.8, 4) is 11.5 Å². The predicted molar refractivity (Wildman–Crippen MR) is 98.3 cm³/mol. The molecule has 0 unspecified atom stereocenters. The van der Waals surface area contributed by atoms with Gasteiger partial charge in [-0.2, -0.15) is 7.80 Å². The molecule has 4 heteroatoms. The second-order valence-electron chi connectivity index (χ2n) is 5.70. The van der Waals surface area contributed by atoms with Gasteiger partial charge in [0.1, 0.15) is 11.5 Å². The first-order valence-electron chi connectivity index (χ1n) is 7.32. The molecular formula is C18H23BO2P. The molecule has 3 radical (unpaired) electrons. The first-order valence-corrected chi connectivity index (χ1v) is 8.90. The number of methoxy groups -OCH3 is 2. The van der Waals surface area contributed by atoms with E-state index in [-0.39, 0.29) is 0 Å². The zero-order valence-corrected chi connectivity index (χ0v) is 15.2. The third-order valence-electron chi connectivity index (χ3n) is 3.95. The molecular weight excluding hydrogens is 290 g/mol. The van der Waals surface area contributed by atoms with Gasteiger partial charge in [0.25, 0.3) is 0 Å². The Kier molecular flexibility index (Phi) is 5.18. The minimum Gasteiger partial charge on any atom is -0.496 e. The molecule has 0 aromatic heterocycles. The van der Waals surface area contributed by atoms with E-state index in [4.69, 9.17) is 17.0 Å². The summed E-state index contributed by atoms with van der Waals surface area (Å²) in [7, 11) is 8.72. The molecule has 0 spiro atoms. The Morgan fingerprint density at radius 1 is 0.682 bits per heavy atom. The monoisotopic (exact) mass is 313 g/mol. The molecule has 0 N–H and O–H groups in total. The first kappa shape index (κ1) is 16.9. The molecule has 2 aromatic rings. The van der Waals surface area contributed by atoms with Crippen molar-refractivity contribution in [3.63, 3.8) is 0 Å². The van der Waals surface area contributed by atoms with E-state index in [1.54, 1.807) is 14.2 Å². The summed E-state index contributed by atoms with van der Waals surface area (Å²) in [4.78, 5) is 0. The molecule has 0 fully saturated rings. The summed E-state index contributed by atoms with van der Waals surface area (Å²) < 4.78 is 10.9. The summed E-state index contributed by atoms with van der Waals surface area (Å²) in [6.45, 7) is 8.26. The second kappa shape index (κ2) is 6.75. The highest BCUT2D eigenvalue weighted by Crippen LogP contribution is 2.34. The van der Waals surface area contributed by atoms with Gasteiger partial charge < -0.3 is 9.47 Å². The molecule has 0 aliphatic heterocycles. The molecule has 22 heavy (non-hydrogen) atoms. The summed E-state index contributed by atoms with van der Waals surface area (Å²) in [6.07, 6.45) is 0. The average Bonchev–Trinajstić information content (AvgIpc) is 2.45. The largest absolute Gasteiger partial charge is 0.496 e. The van der Waals surface area contributed by atoms with E-state index < -0.39 is 7.80 Å². The number of benzene rings is 2. The van der Waals surface area contributed by atoms with E-state index in [9.17, 15) is 0 Å². The smallest absolute Gasteiger partial charge is 0.124 e. The molecule has 2 rings (SSSR count). The maximum atomic E-state index is 6.60. The Bertz CT molecular complexity index is 592. The van der Waals surface area contributed by atoms with E-state index in [0.717, 1.165) is 33.8 Å². The number of hydrogen-bond acceptors (Lipinski definition) is 2. The number of rotatable bonds is 4. The van der Waals surface area contributed by atoms with Crippen LogP contribution in [0.1, 0.15) is 22.3 Å². The summed E-state index contributed by atoms with van der Waals surface area (Å²) in [5.74, 6) is 1.89. The van der Waals surface area contributed by atoms with Crippen molar-refractivity contribution in [2.75, 3.05) is 14.2 Å². The Labute approximate surface area is 136 Å². The topological polar surface area (TPSA) is 18.5 Å². The van der Waals surface area contributed by atoms with E-state index in [2.05, 4.69) is 52.0 Å². The molecule has 0 bridgehead atoms. The zero-order valence-electron chi connectivity index (χ0n) is 14.2. The van der Waals surface area contributed by atoms with Crippen molar-refractivity contribution < 1.29 is 9.47 Å². The SMILES string of the molecule is [B-][PH+](c1cc(C)c(OC)c(C)c1)c1cc(C)c(OC)c(C)c1. The van der Waals surface area contributed by atoms with Gasteiger partial charge >= 0.3 is 0 Å². The van der Waals surface area contributed by atoms with Crippen LogP contribution in [0.2, 0.25) is 0 Å². The summed E-state index contributed by atoms with van der Waals surface area (Å²) in [5, 5.41) is 2.40. The minimum atomic E-state index is -1.29. The molecule has 0 saturated heterocycles. The van der Waals surface area contributed by atoms with Crippen LogP contribution in [0, 0.1) is 27.7 Å². The summed E-state index contributed by atoms with van der Waals surface area (Å²) in [5.41, 5.74) is 4.53. The molecule has 0 amide bonds. The molecule has 0 heterocycles. The fourth-order valence-electron chi connectivity index (χ4n) is 3.02. The fourth-order valence-corrected chi connectivity index (χ4v) is 4.84. The normalized spacial score (nSPS) is 10.9. The lowest BCUT2D eigenvalue weighted by Gasteiger charge is -2.21. The molecule has 2 aromatic carbocycles. The van der Waals surface area contributed by atoms with Crippen molar-refractivity contribution in [1.29, 1.82) is 0 Å². The quantitative estimate of drug-likeness (QED) is 0.637. The van der Waals surface area contributed by atoms with Gasteiger partial charge in [0.05, 0.1) is 14.2 Å². The lowest BCUT2D eigenvalue weighted by Crippen LogP contribution is -2.14. The molecule has 0 aliphatic carbocycles. The van der Waals surface area contributed by atoms with Crippen molar-refractivity contribution in [2.45, 2.75) is 27.7 Å². The molecule has 2 nitrogen and oxygen atoms in total. The lowest BCUT2D eigenvalue weighted by molar-refractivity contribution is 0.408. The fraction of sp³-hybridized carbons (Fsp3) is 0.333. The van der Waals surface area contributed by atoms with Crippen LogP contribution in [0.5, 0.6) is 11.5 Å². The standard InChI is InChI=1S/C18H23BO2P/c1-11-7-15(8-12(2)17(11)20-5)22(19)16-9-13(3)18(21-6)14(4)10-16/h7-10,22H,1-6H3. The third-order valence-corrected chi connectivity index (χ3v) is 5.77. The van der Waals surface area contributed by atoms with E-state index in [1.807, 2.05) is 0 Å². The van der Waals surface area contributed by atoms with Crippen LogP contribution in [0.15, 0.2) is 24.3 Å². The van der Waals surface area contributed by atoms with Gasteiger partial charge in [-0.25, -0.2) is 0 Å². The van der Waals surface area contributed by atoms with Crippen LogP contribution in [-0.4, -0.2) is 21.8 Å². The summed E-state index contributed by atoms with van der Waals surface area (Å²) in [6, 6.07) is 8.59. The molecule has 0 atom stereocenters. The molecule has 115 valence electrons. The summed E-state index contributed by atoms with van der Waals surface area (Å²) >= 11 is 0. The van der Waals surface area contributed by atoms with Gasteiger partial charge in [-0.15, -0.1) is 0 Å². The van der Waals surface area contributed by atoms with Crippen LogP contribution in [0.4, 0.5) is 0 Å². The number of aryl methyl sites for hydroxylation is 4. The van der Waals surface area contributed by atoms with Gasteiger partial charge in [0, 0.05) is 10.6 Å². The van der Waals surface area contributed by atoms with Crippen molar-refractivity contribution in [2.24, 2.45) is 0 Å². The van der Waals surface area contributed by atoms with Crippen molar-refractivity contribution >= 4 is 26.0 Å². The van der Waals surface area contributed by atoms with Crippen LogP contribution in [0.25, 0.3) is 0 Å². The maximum Gasteiger partial charge on any atom is 0.124 e. The second-order valence-corrected chi connectivity index (χ2v) is 7.68. The van der Waals surface area contributed by atoms with Gasteiger partial charge in [0.2, 0.25) is 0 Å². The lowest BCUT2D eigenvalue weighted by atomic mass is 10.1. The van der Waals surface area contributed by atoms with Gasteiger partial charge in [-0.05, 0) is 74.2 Å². The van der Waals surface area contributed by atoms with Crippen molar-refractivity contribution in [1.82, 2.24) is 0 Å².